The lowest BCUT2D eigenvalue weighted by atomic mass is 9.99. The normalized spacial score (nSPS) is 15.4. The van der Waals surface area contributed by atoms with Crippen LogP contribution in [-0.4, -0.2) is 26.2 Å². The Labute approximate surface area is 227 Å². The smallest absolute Gasteiger partial charge is 0.270 e. The van der Waals surface area contributed by atoms with Gasteiger partial charge in [-0.15, -0.1) is 0 Å². The van der Waals surface area contributed by atoms with Gasteiger partial charge in [-0.25, -0.2) is 4.39 Å². The van der Waals surface area contributed by atoms with Gasteiger partial charge in [0.05, 0.1) is 4.91 Å². The summed E-state index contributed by atoms with van der Waals surface area (Å²) in [6, 6.07) is 8.13. The van der Waals surface area contributed by atoms with E-state index < -0.39 is 5.56 Å². The van der Waals surface area contributed by atoms with Crippen LogP contribution in [0.2, 0.25) is 0 Å². The largest absolute Gasteiger partial charge is 0.367 e. The summed E-state index contributed by atoms with van der Waals surface area (Å²) in [6.07, 6.45) is 5.98. The summed E-state index contributed by atoms with van der Waals surface area (Å²) in [5.74, 6) is 0.407. The van der Waals surface area contributed by atoms with E-state index in [4.69, 9.17) is 12.2 Å². The molecular weight excluding hydrogens is 507 g/mol. The number of benzene rings is 1. The molecule has 6 nitrogen and oxygen atoms in total. The van der Waals surface area contributed by atoms with Crippen molar-refractivity contribution in [2.45, 2.75) is 66.5 Å². The molecule has 0 aliphatic carbocycles. The van der Waals surface area contributed by atoms with Crippen LogP contribution in [0.5, 0.6) is 0 Å². The molecule has 0 saturated carbocycles. The number of amides is 1. The van der Waals surface area contributed by atoms with E-state index in [2.05, 4.69) is 19.2 Å². The molecule has 1 saturated heterocycles. The molecule has 1 fully saturated rings. The Kier molecular flexibility index (Phi) is 10.1. The first-order valence-electron chi connectivity index (χ1n) is 12.7. The molecule has 2 heterocycles. The van der Waals surface area contributed by atoms with Gasteiger partial charge in [0.25, 0.3) is 11.5 Å². The van der Waals surface area contributed by atoms with Crippen molar-refractivity contribution in [1.29, 1.82) is 5.26 Å². The molecule has 9 heteroatoms. The van der Waals surface area contributed by atoms with Gasteiger partial charge in [0.15, 0.2) is 0 Å². The third-order valence-electron chi connectivity index (χ3n) is 6.70. The molecule has 37 heavy (non-hydrogen) atoms. The van der Waals surface area contributed by atoms with Gasteiger partial charge < -0.3 is 5.32 Å². The highest BCUT2D eigenvalue weighted by molar-refractivity contribution is 8.26. The van der Waals surface area contributed by atoms with Gasteiger partial charge in [0, 0.05) is 25.2 Å². The molecular formula is C28H33FN4O2S2. The molecule has 1 N–H and O–H groups in total. The zero-order valence-corrected chi connectivity index (χ0v) is 23.4. The first-order valence-corrected chi connectivity index (χ1v) is 13.9. The number of nitrogens with zero attached hydrogens (tertiary/aromatic N) is 3. The lowest BCUT2D eigenvalue weighted by Crippen LogP contribution is -2.33. The van der Waals surface area contributed by atoms with E-state index in [0.29, 0.717) is 51.7 Å². The van der Waals surface area contributed by atoms with Gasteiger partial charge >= 0.3 is 0 Å². The van der Waals surface area contributed by atoms with Gasteiger partial charge in [-0.2, -0.15) is 5.26 Å². The first-order chi connectivity index (χ1) is 17.7. The van der Waals surface area contributed by atoms with Crippen molar-refractivity contribution in [3.05, 3.63) is 67.6 Å². The average Bonchev–Trinajstić information content (AvgIpc) is 3.15. The second kappa shape index (κ2) is 13.0. The van der Waals surface area contributed by atoms with E-state index in [1.54, 1.807) is 30.0 Å². The van der Waals surface area contributed by atoms with Gasteiger partial charge in [-0.05, 0) is 55.5 Å². The van der Waals surface area contributed by atoms with Crippen molar-refractivity contribution in [3.8, 4) is 6.07 Å². The summed E-state index contributed by atoms with van der Waals surface area (Å²) in [6.45, 7) is 9.08. The average molecular weight is 541 g/mol. The molecule has 2 aromatic rings. The molecule has 3 rings (SSSR count). The van der Waals surface area contributed by atoms with E-state index >= 15 is 0 Å². The van der Waals surface area contributed by atoms with Gasteiger partial charge in [-0.1, -0.05) is 69.2 Å². The summed E-state index contributed by atoms with van der Waals surface area (Å²) < 4.78 is 15.4. The number of anilines is 1. The molecule has 0 bridgehead atoms. The molecule has 1 aromatic heterocycles. The molecule has 0 spiro atoms. The predicted molar refractivity (Wildman–Crippen MR) is 153 cm³/mol. The topological polar surface area (TPSA) is 78.1 Å². The maximum Gasteiger partial charge on any atom is 0.270 e. The van der Waals surface area contributed by atoms with Crippen LogP contribution in [0.15, 0.2) is 34.0 Å². The first kappa shape index (κ1) is 28.6. The van der Waals surface area contributed by atoms with Crippen LogP contribution in [0, 0.1) is 30.0 Å². The summed E-state index contributed by atoms with van der Waals surface area (Å²) >= 11 is 6.82. The number of unbranched alkanes of at least 4 members (excludes halogenated alkanes) is 1. The molecule has 1 atom stereocenters. The highest BCUT2D eigenvalue weighted by Gasteiger charge is 2.34. The second-order valence-electron chi connectivity index (χ2n) is 9.11. The zero-order valence-electron chi connectivity index (χ0n) is 21.8. The Morgan fingerprint density at radius 2 is 1.92 bits per heavy atom. The fourth-order valence-corrected chi connectivity index (χ4v) is 5.66. The maximum absolute atomic E-state index is 13.4. The molecule has 1 unspecified atom stereocenters. The third-order valence-corrected chi connectivity index (χ3v) is 8.08. The lowest BCUT2D eigenvalue weighted by Gasteiger charge is -2.22. The quantitative estimate of drug-likeness (QED) is 0.269. The minimum atomic E-state index is -0.393. The number of hydrogen-bond donors (Lipinski definition) is 1. The van der Waals surface area contributed by atoms with Crippen molar-refractivity contribution in [2.24, 2.45) is 5.92 Å². The number of thiocarbonyl (C=S) groups is 1. The summed E-state index contributed by atoms with van der Waals surface area (Å²) in [4.78, 5) is 28.6. The number of nitriles is 1. The van der Waals surface area contributed by atoms with Gasteiger partial charge in [0.1, 0.15) is 27.6 Å². The molecule has 196 valence electrons. The SMILES string of the molecule is CCCCC(CC)CN1C(=O)/C(=C\c2c(C)c(C#N)c(=O)n(CC)c2NCc2ccc(F)cc2)SC1=S. The fraction of sp³-hybridized carbons (Fsp3) is 0.429. The lowest BCUT2D eigenvalue weighted by molar-refractivity contribution is -0.122. The monoisotopic (exact) mass is 540 g/mol. The van der Waals surface area contributed by atoms with E-state index in [-0.39, 0.29) is 17.3 Å². The Morgan fingerprint density at radius 1 is 1.22 bits per heavy atom. The van der Waals surface area contributed by atoms with Gasteiger partial charge in [0.2, 0.25) is 0 Å². The summed E-state index contributed by atoms with van der Waals surface area (Å²) in [5.41, 5.74) is 1.57. The van der Waals surface area contributed by atoms with Crippen LogP contribution in [0.4, 0.5) is 10.2 Å². The predicted octanol–water partition coefficient (Wildman–Crippen LogP) is 6.22. The summed E-state index contributed by atoms with van der Waals surface area (Å²) in [7, 11) is 0. The van der Waals surface area contributed by atoms with Crippen molar-refractivity contribution in [3.63, 3.8) is 0 Å². The van der Waals surface area contributed by atoms with E-state index in [1.807, 2.05) is 13.0 Å². The third kappa shape index (κ3) is 6.49. The maximum atomic E-state index is 13.4. The highest BCUT2D eigenvalue weighted by Crippen LogP contribution is 2.36. The molecule has 0 radical (unpaired) electrons. The minimum absolute atomic E-state index is 0.0431. The van der Waals surface area contributed by atoms with Crippen LogP contribution in [-0.2, 0) is 17.9 Å². The minimum Gasteiger partial charge on any atom is -0.367 e. The van der Waals surface area contributed by atoms with Crippen LogP contribution < -0.4 is 10.9 Å². The van der Waals surface area contributed by atoms with Crippen molar-refractivity contribution in [1.82, 2.24) is 9.47 Å². The number of carbonyl (C=O) groups is 1. The molecule has 1 aliphatic heterocycles. The van der Waals surface area contributed by atoms with Gasteiger partial charge in [-0.3, -0.25) is 19.1 Å². The Morgan fingerprint density at radius 3 is 2.51 bits per heavy atom. The van der Waals surface area contributed by atoms with E-state index in [0.717, 1.165) is 31.2 Å². The van der Waals surface area contributed by atoms with Crippen molar-refractivity contribution < 1.29 is 9.18 Å². The summed E-state index contributed by atoms with van der Waals surface area (Å²) in [5, 5.41) is 13.0. The second-order valence-corrected chi connectivity index (χ2v) is 10.8. The standard InChI is InChI=1S/C28H33FN4O2S2/c1-5-8-9-19(6-2)17-33-27(35)24(37-28(33)36)14-22-18(4)23(15-30)26(34)32(7-3)25(22)31-16-20-10-12-21(29)13-11-20/h10-14,19,31H,5-9,16-17H2,1-4H3/b24-14+. The number of aromatic nitrogens is 1. The number of pyridine rings is 1. The fourth-order valence-electron chi connectivity index (χ4n) is 4.41. The van der Waals surface area contributed by atoms with Crippen LogP contribution in [0.3, 0.4) is 0 Å². The van der Waals surface area contributed by atoms with Crippen molar-refractivity contribution >= 4 is 46.1 Å². The molecule has 1 aliphatic rings. The van der Waals surface area contributed by atoms with E-state index in [9.17, 15) is 19.2 Å². The Balaban J connectivity index is 2.02. The number of halogens is 1. The number of hydrogen-bond acceptors (Lipinski definition) is 6. The molecule has 1 amide bonds. The van der Waals surface area contributed by atoms with Crippen LogP contribution >= 0.6 is 24.0 Å². The molecule has 1 aromatic carbocycles. The van der Waals surface area contributed by atoms with Crippen LogP contribution in [0.25, 0.3) is 6.08 Å². The van der Waals surface area contributed by atoms with Crippen molar-refractivity contribution in [2.75, 3.05) is 11.9 Å². The number of carbonyl (C=O) groups excluding carboxylic acids is 1. The van der Waals surface area contributed by atoms with E-state index in [1.165, 1.54) is 28.5 Å². The van der Waals surface area contributed by atoms with Crippen LogP contribution in [0.1, 0.15) is 68.7 Å². The number of nitrogens with one attached hydrogen (secondary N) is 1. The number of thioether (sulfide) groups is 1. The Hall–Kier alpha value is -2.96. The Bertz CT molecular complexity index is 1300. The zero-order chi connectivity index (χ0) is 27.1. The number of rotatable bonds is 11. The highest BCUT2D eigenvalue weighted by atomic mass is 32.2.